The Hall–Kier alpha value is -3.79. The van der Waals surface area contributed by atoms with Crippen molar-refractivity contribution in [2.75, 3.05) is 12.4 Å². The second-order valence-electron chi connectivity index (χ2n) is 8.22. The van der Waals surface area contributed by atoms with Gasteiger partial charge in [0.2, 0.25) is 5.95 Å². The predicted octanol–water partition coefficient (Wildman–Crippen LogP) is 3.37. The lowest BCUT2D eigenvalue weighted by Gasteiger charge is -2.18. The van der Waals surface area contributed by atoms with Gasteiger partial charge in [0.1, 0.15) is 0 Å². The maximum atomic E-state index is 13.3. The SMILES string of the molecule is COc1cc(Nc2nc(=O)n(C[C@H](C)C(=O)O)c(=O)n2Cc2ccc(Cl)cc2)ccc1OC(C)C. The number of methoxy groups -OCH3 is 1. The number of ether oxygens (including phenoxy) is 2. The van der Waals surface area contributed by atoms with E-state index in [0.717, 1.165) is 10.1 Å². The maximum absolute atomic E-state index is 13.3. The van der Waals surface area contributed by atoms with Crippen LogP contribution in [0, 0.1) is 5.92 Å². The molecule has 1 heterocycles. The molecule has 35 heavy (non-hydrogen) atoms. The third-order valence-electron chi connectivity index (χ3n) is 5.06. The van der Waals surface area contributed by atoms with Gasteiger partial charge in [0.25, 0.3) is 0 Å². The van der Waals surface area contributed by atoms with Gasteiger partial charge in [-0.15, -0.1) is 0 Å². The van der Waals surface area contributed by atoms with Crippen LogP contribution in [0.2, 0.25) is 5.02 Å². The van der Waals surface area contributed by atoms with Gasteiger partial charge in [-0.05, 0) is 43.7 Å². The van der Waals surface area contributed by atoms with E-state index in [4.69, 9.17) is 21.1 Å². The molecule has 0 bridgehead atoms. The molecule has 0 unspecified atom stereocenters. The van der Waals surface area contributed by atoms with E-state index >= 15 is 0 Å². The number of anilines is 2. The van der Waals surface area contributed by atoms with Crippen LogP contribution in [-0.2, 0) is 17.9 Å². The van der Waals surface area contributed by atoms with Crippen molar-refractivity contribution in [3.05, 3.63) is 74.0 Å². The lowest BCUT2D eigenvalue weighted by Crippen LogP contribution is -2.44. The van der Waals surface area contributed by atoms with E-state index in [9.17, 15) is 19.5 Å². The van der Waals surface area contributed by atoms with Crippen LogP contribution < -0.4 is 26.2 Å². The highest BCUT2D eigenvalue weighted by Gasteiger charge is 2.19. The molecule has 3 rings (SSSR count). The summed E-state index contributed by atoms with van der Waals surface area (Å²) in [4.78, 5) is 41.4. The molecule has 11 heteroatoms. The zero-order valence-electron chi connectivity index (χ0n) is 19.8. The van der Waals surface area contributed by atoms with E-state index in [1.54, 1.807) is 42.5 Å². The molecule has 0 saturated carbocycles. The van der Waals surface area contributed by atoms with E-state index in [-0.39, 0.29) is 25.1 Å². The number of nitrogens with zero attached hydrogens (tertiary/aromatic N) is 3. The van der Waals surface area contributed by atoms with Gasteiger partial charge in [-0.1, -0.05) is 30.7 Å². The summed E-state index contributed by atoms with van der Waals surface area (Å²) in [6, 6.07) is 11.9. The summed E-state index contributed by atoms with van der Waals surface area (Å²) in [5.74, 6) is -1.09. The minimum absolute atomic E-state index is 0.00578. The quantitative estimate of drug-likeness (QED) is 0.432. The minimum atomic E-state index is -1.13. The Labute approximate surface area is 206 Å². The number of carboxylic acids is 1. The van der Waals surface area contributed by atoms with E-state index in [0.29, 0.717) is 22.2 Å². The molecule has 0 fully saturated rings. The molecular formula is C24H27ClN4O6. The van der Waals surface area contributed by atoms with Gasteiger partial charge in [-0.25, -0.2) is 14.2 Å². The molecule has 0 aliphatic rings. The summed E-state index contributed by atoms with van der Waals surface area (Å²) >= 11 is 5.97. The predicted molar refractivity (Wildman–Crippen MR) is 132 cm³/mol. The molecule has 0 saturated heterocycles. The van der Waals surface area contributed by atoms with Crippen molar-refractivity contribution < 1.29 is 19.4 Å². The summed E-state index contributed by atoms with van der Waals surface area (Å²) in [7, 11) is 1.51. The first-order chi connectivity index (χ1) is 16.6. The highest BCUT2D eigenvalue weighted by Crippen LogP contribution is 2.31. The van der Waals surface area contributed by atoms with Crippen LogP contribution in [0.1, 0.15) is 26.3 Å². The molecule has 2 N–H and O–H groups in total. The molecule has 3 aromatic rings. The summed E-state index contributed by atoms with van der Waals surface area (Å²) in [5, 5.41) is 12.8. The minimum Gasteiger partial charge on any atom is -0.493 e. The van der Waals surface area contributed by atoms with Crippen LogP contribution in [0.15, 0.2) is 52.1 Å². The molecule has 0 radical (unpaired) electrons. The highest BCUT2D eigenvalue weighted by atomic mass is 35.5. The van der Waals surface area contributed by atoms with Crippen LogP contribution in [-0.4, -0.2) is 38.4 Å². The molecule has 0 aliphatic heterocycles. The fraction of sp³-hybridized carbons (Fsp3) is 0.333. The molecule has 1 aromatic heterocycles. The second kappa shape index (κ2) is 11.1. The Bertz CT molecular complexity index is 1320. The van der Waals surface area contributed by atoms with E-state index in [2.05, 4.69) is 10.3 Å². The lowest BCUT2D eigenvalue weighted by atomic mass is 10.2. The number of hydrogen-bond donors (Lipinski definition) is 2. The van der Waals surface area contributed by atoms with Gasteiger partial charge < -0.3 is 19.9 Å². The number of halogens is 1. The number of carboxylic acid groups (broad SMARTS) is 1. The van der Waals surface area contributed by atoms with Crippen molar-refractivity contribution in [2.24, 2.45) is 5.92 Å². The van der Waals surface area contributed by atoms with E-state index < -0.39 is 23.3 Å². The number of carbonyl (C=O) groups is 1. The van der Waals surface area contributed by atoms with Gasteiger partial charge in [-0.3, -0.25) is 9.36 Å². The average Bonchev–Trinajstić information content (AvgIpc) is 2.80. The molecule has 186 valence electrons. The fourth-order valence-corrected chi connectivity index (χ4v) is 3.40. The molecule has 10 nitrogen and oxygen atoms in total. The van der Waals surface area contributed by atoms with Crippen molar-refractivity contribution in [3.8, 4) is 11.5 Å². The number of benzene rings is 2. The Morgan fingerprint density at radius 3 is 2.37 bits per heavy atom. The van der Waals surface area contributed by atoms with Gasteiger partial charge in [0.15, 0.2) is 11.5 Å². The number of aliphatic carboxylic acids is 1. The van der Waals surface area contributed by atoms with Crippen molar-refractivity contribution in [1.82, 2.24) is 14.1 Å². The van der Waals surface area contributed by atoms with Crippen molar-refractivity contribution in [3.63, 3.8) is 0 Å². The highest BCUT2D eigenvalue weighted by molar-refractivity contribution is 6.30. The maximum Gasteiger partial charge on any atom is 0.354 e. The van der Waals surface area contributed by atoms with E-state index in [1.165, 1.54) is 18.6 Å². The fourth-order valence-electron chi connectivity index (χ4n) is 3.27. The van der Waals surface area contributed by atoms with Crippen molar-refractivity contribution in [2.45, 2.75) is 40.0 Å². The Balaban J connectivity index is 2.07. The zero-order valence-corrected chi connectivity index (χ0v) is 20.6. The first kappa shape index (κ1) is 25.8. The van der Waals surface area contributed by atoms with Crippen LogP contribution >= 0.6 is 11.6 Å². The van der Waals surface area contributed by atoms with Gasteiger partial charge in [-0.2, -0.15) is 4.98 Å². The van der Waals surface area contributed by atoms with E-state index in [1.807, 2.05) is 13.8 Å². The smallest absolute Gasteiger partial charge is 0.354 e. The third-order valence-corrected chi connectivity index (χ3v) is 5.32. The first-order valence-corrected chi connectivity index (χ1v) is 11.3. The number of nitrogens with one attached hydrogen (secondary N) is 1. The zero-order chi connectivity index (χ0) is 25.7. The number of aromatic nitrogens is 3. The summed E-state index contributed by atoms with van der Waals surface area (Å²) in [5.41, 5.74) is -0.311. The molecule has 1 atom stereocenters. The monoisotopic (exact) mass is 502 g/mol. The summed E-state index contributed by atoms with van der Waals surface area (Å²) in [6.07, 6.45) is -0.0604. The van der Waals surface area contributed by atoms with Crippen LogP contribution in [0.5, 0.6) is 11.5 Å². The Morgan fingerprint density at radius 1 is 1.09 bits per heavy atom. The van der Waals surface area contributed by atoms with Crippen LogP contribution in [0.25, 0.3) is 0 Å². The molecule has 0 aliphatic carbocycles. The van der Waals surface area contributed by atoms with Gasteiger partial charge in [0, 0.05) is 23.3 Å². The number of rotatable bonds is 10. The van der Waals surface area contributed by atoms with Gasteiger partial charge >= 0.3 is 17.3 Å². The first-order valence-electron chi connectivity index (χ1n) is 10.9. The summed E-state index contributed by atoms with van der Waals surface area (Å²) < 4.78 is 13.2. The molecular weight excluding hydrogens is 476 g/mol. The standard InChI is InChI=1S/C24H27ClN4O6/c1-14(2)35-19-10-9-18(11-20(19)34-4)26-22-27-23(32)29(12-15(3)21(30)31)24(33)28(22)13-16-5-7-17(25)8-6-16/h5-11,14-15H,12-13H2,1-4H3,(H,30,31)(H,26,27,32)/t15-/m0/s1. The summed E-state index contributed by atoms with van der Waals surface area (Å²) in [6.45, 7) is 4.96. The Kier molecular flexibility index (Phi) is 8.18. The molecule has 0 amide bonds. The third kappa shape index (κ3) is 6.42. The van der Waals surface area contributed by atoms with Crippen molar-refractivity contribution >= 4 is 29.2 Å². The average molecular weight is 503 g/mol. The normalized spacial score (nSPS) is 11.8. The topological polar surface area (TPSA) is 125 Å². The van der Waals surface area contributed by atoms with Crippen LogP contribution in [0.3, 0.4) is 0 Å². The second-order valence-corrected chi connectivity index (χ2v) is 8.66. The van der Waals surface area contributed by atoms with Gasteiger partial charge in [0.05, 0.1) is 25.7 Å². The van der Waals surface area contributed by atoms with Crippen molar-refractivity contribution in [1.29, 1.82) is 0 Å². The number of hydrogen-bond acceptors (Lipinski definition) is 7. The molecule has 0 spiro atoms. The largest absolute Gasteiger partial charge is 0.493 e. The lowest BCUT2D eigenvalue weighted by molar-refractivity contribution is -0.141. The Morgan fingerprint density at radius 2 is 1.77 bits per heavy atom. The molecule has 2 aromatic carbocycles. The van der Waals surface area contributed by atoms with Crippen LogP contribution in [0.4, 0.5) is 11.6 Å².